The van der Waals surface area contributed by atoms with Gasteiger partial charge in [-0.15, -0.1) is 0 Å². The molecule has 5 nitrogen and oxygen atoms in total. The quantitative estimate of drug-likeness (QED) is 0.621. The minimum atomic E-state index is 0.00155. The molecular formula is C23H24N2O3. The van der Waals surface area contributed by atoms with Gasteiger partial charge in [0.1, 0.15) is 0 Å². The summed E-state index contributed by atoms with van der Waals surface area (Å²) < 4.78 is 10.6. The standard InChI is InChI=1S/C23H24N2O3/c1-17-6-4-8-20(12-17)25(16-19-7-5-11-24-15-19)23(26)14-18-9-10-21(27-2)22(13-18)28-3/h4-13,15H,14,16H2,1-3H3. The molecule has 144 valence electrons. The highest BCUT2D eigenvalue weighted by Gasteiger charge is 2.18. The zero-order chi connectivity index (χ0) is 19.9. The molecule has 1 heterocycles. The van der Waals surface area contributed by atoms with E-state index in [1.54, 1.807) is 31.5 Å². The van der Waals surface area contributed by atoms with Gasteiger partial charge in [-0.3, -0.25) is 9.78 Å². The number of carbonyl (C=O) groups excluding carboxylic acids is 1. The maximum Gasteiger partial charge on any atom is 0.231 e. The Morgan fingerprint density at radius 1 is 0.964 bits per heavy atom. The van der Waals surface area contributed by atoms with E-state index in [9.17, 15) is 4.79 Å². The molecule has 3 rings (SSSR count). The van der Waals surface area contributed by atoms with Crippen molar-refractivity contribution in [2.24, 2.45) is 0 Å². The van der Waals surface area contributed by atoms with Gasteiger partial charge in [-0.2, -0.15) is 0 Å². The molecule has 0 saturated heterocycles. The average molecular weight is 376 g/mol. The van der Waals surface area contributed by atoms with Crippen LogP contribution in [0.25, 0.3) is 0 Å². The van der Waals surface area contributed by atoms with E-state index in [1.807, 2.05) is 61.5 Å². The lowest BCUT2D eigenvalue weighted by Crippen LogP contribution is -2.31. The molecule has 0 spiro atoms. The third kappa shape index (κ3) is 4.68. The van der Waals surface area contributed by atoms with Crippen LogP contribution in [0.5, 0.6) is 11.5 Å². The lowest BCUT2D eigenvalue weighted by Gasteiger charge is -2.23. The molecule has 0 aliphatic carbocycles. The zero-order valence-corrected chi connectivity index (χ0v) is 16.4. The topological polar surface area (TPSA) is 51.7 Å². The normalized spacial score (nSPS) is 10.4. The van der Waals surface area contributed by atoms with Gasteiger partial charge in [-0.05, 0) is 53.9 Å². The first-order chi connectivity index (χ1) is 13.6. The summed E-state index contributed by atoms with van der Waals surface area (Å²) in [6, 6.07) is 17.3. The number of pyridine rings is 1. The Morgan fingerprint density at radius 3 is 2.46 bits per heavy atom. The van der Waals surface area contributed by atoms with Crippen LogP contribution < -0.4 is 14.4 Å². The van der Waals surface area contributed by atoms with Crippen molar-refractivity contribution in [1.82, 2.24) is 4.98 Å². The van der Waals surface area contributed by atoms with Crippen molar-refractivity contribution in [3.63, 3.8) is 0 Å². The van der Waals surface area contributed by atoms with Gasteiger partial charge in [-0.25, -0.2) is 0 Å². The number of carbonyl (C=O) groups is 1. The van der Waals surface area contributed by atoms with Crippen molar-refractivity contribution in [1.29, 1.82) is 0 Å². The first-order valence-corrected chi connectivity index (χ1v) is 9.07. The number of anilines is 1. The number of hydrogen-bond acceptors (Lipinski definition) is 4. The Bertz CT molecular complexity index is 942. The molecule has 0 aliphatic heterocycles. The molecule has 0 unspecified atom stereocenters. The first kappa shape index (κ1) is 19.4. The minimum Gasteiger partial charge on any atom is -0.493 e. The number of aryl methyl sites for hydroxylation is 1. The van der Waals surface area contributed by atoms with Crippen LogP contribution in [0.1, 0.15) is 16.7 Å². The third-order valence-corrected chi connectivity index (χ3v) is 4.48. The van der Waals surface area contributed by atoms with Crippen LogP contribution in [0.15, 0.2) is 67.0 Å². The summed E-state index contributed by atoms with van der Waals surface area (Å²) in [6.45, 7) is 2.48. The molecule has 0 aliphatic rings. The smallest absolute Gasteiger partial charge is 0.231 e. The van der Waals surface area contributed by atoms with Gasteiger partial charge in [0.2, 0.25) is 5.91 Å². The van der Waals surface area contributed by atoms with E-state index in [4.69, 9.17) is 9.47 Å². The fraction of sp³-hybridized carbons (Fsp3) is 0.217. The molecule has 1 aromatic heterocycles. The summed E-state index contributed by atoms with van der Waals surface area (Å²) in [4.78, 5) is 19.2. The van der Waals surface area contributed by atoms with Gasteiger partial charge in [0.05, 0.1) is 27.2 Å². The molecule has 28 heavy (non-hydrogen) atoms. The number of hydrogen-bond donors (Lipinski definition) is 0. The van der Waals surface area contributed by atoms with E-state index in [0.29, 0.717) is 18.0 Å². The molecular weight excluding hydrogens is 352 g/mol. The zero-order valence-electron chi connectivity index (χ0n) is 16.4. The van der Waals surface area contributed by atoms with Crippen molar-refractivity contribution in [2.75, 3.05) is 19.1 Å². The van der Waals surface area contributed by atoms with Gasteiger partial charge < -0.3 is 14.4 Å². The Balaban J connectivity index is 1.88. The summed E-state index contributed by atoms with van der Waals surface area (Å²) in [5.41, 5.74) is 3.82. The Kier molecular flexibility index (Phi) is 6.27. The predicted molar refractivity (Wildman–Crippen MR) is 110 cm³/mol. The number of ether oxygens (including phenoxy) is 2. The van der Waals surface area contributed by atoms with Crippen molar-refractivity contribution < 1.29 is 14.3 Å². The highest BCUT2D eigenvalue weighted by molar-refractivity contribution is 5.94. The molecule has 2 aromatic carbocycles. The van der Waals surface area contributed by atoms with E-state index in [1.165, 1.54) is 0 Å². The second-order valence-electron chi connectivity index (χ2n) is 6.55. The molecule has 0 atom stereocenters. The highest BCUT2D eigenvalue weighted by Crippen LogP contribution is 2.28. The maximum atomic E-state index is 13.2. The second-order valence-corrected chi connectivity index (χ2v) is 6.55. The van der Waals surface area contributed by atoms with Crippen LogP contribution in [-0.2, 0) is 17.8 Å². The van der Waals surface area contributed by atoms with E-state index in [2.05, 4.69) is 4.98 Å². The van der Waals surface area contributed by atoms with Gasteiger partial charge in [-0.1, -0.05) is 24.3 Å². The Morgan fingerprint density at radius 2 is 1.79 bits per heavy atom. The summed E-state index contributed by atoms with van der Waals surface area (Å²) >= 11 is 0. The number of aromatic nitrogens is 1. The molecule has 1 amide bonds. The lowest BCUT2D eigenvalue weighted by molar-refractivity contribution is -0.118. The Hall–Kier alpha value is -3.34. The first-order valence-electron chi connectivity index (χ1n) is 9.07. The number of benzene rings is 2. The average Bonchev–Trinajstić information content (AvgIpc) is 2.72. The fourth-order valence-electron chi connectivity index (χ4n) is 3.05. The van der Waals surface area contributed by atoms with Crippen molar-refractivity contribution in [3.05, 3.63) is 83.7 Å². The van der Waals surface area contributed by atoms with Crippen molar-refractivity contribution in [2.45, 2.75) is 19.9 Å². The molecule has 0 radical (unpaired) electrons. The van der Waals surface area contributed by atoms with Crippen LogP contribution in [0.2, 0.25) is 0 Å². The summed E-state index contributed by atoms with van der Waals surface area (Å²) in [7, 11) is 3.18. The van der Waals surface area contributed by atoms with E-state index in [-0.39, 0.29) is 12.3 Å². The molecule has 0 saturated carbocycles. The number of amides is 1. The molecule has 5 heteroatoms. The maximum absolute atomic E-state index is 13.2. The number of methoxy groups -OCH3 is 2. The van der Waals surface area contributed by atoms with Gasteiger partial charge in [0, 0.05) is 18.1 Å². The molecule has 0 bridgehead atoms. The minimum absolute atomic E-state index is 0.00155. The molecule has 0 fully saturated rings. The molecule has 3 aromatic rings. The fourth-order valence-corrected chi connectivity index (χ4v) is 3.05. The van der Waals surface area contributed by atoms with E-state index >= 15 is 0 Å². The van der Waals surface area contributed by atoms with Gasteiger partial charge in [0.15, 0.2) is 11.5 Å². The monoisotopic (exact) mass is 376 g/mol. The summed E-state index contributed by atoms with van der Waals surface area (Å²) in [6.07, 6.45) is 3.77. The van der Waals surface area contributed by atoms with Crippen LogP contribution in [-0.4, -0.2) is 25.1 Å². The second kappa shape index (κ2) is 9.04. The largest absolute Gasteiger partial charge is 0.493 e. The van der Waals surface area contributed by atoms with Crippen LogP contribution >= 0.6 is 0 Å². The highest BCUT2D eigenvalue weighted by atomic mass is 16.5. The third-order valence-electron chi connectivity index (χ3n) is 4.48. The SMILES string of the molecule is COc1ccc(CC(=O)N(Cc2cccnc2)c2cccc(C)c2)cc1OC. The lowest BCUT2D eigenvalue weighted by atomic mass is 10.1. The predicted octanol–water partition coefficient (Wildman–Crippen LogP) is 4.18. The molecule has 0 N–H and O–H groups in total. The van der Waals surface area contributed by atoms with E-state index in [0.717, 1.165) is 22.4 Å². The van der Waals surface area contributed by atoms with Crippen LogP contribution in [0.4, 0.5) is 5.69 Å². The van der Waals surface area contributed by atoms with Crippen molar-refractivity contribution in [3.8, 4) is 11.5 Å². The van der Waals surface area contributed by atoms with Crippen molar-refractivity contribution >= 4 is 11.6 Å². The van der Waals surface area contributed by atoms with Crippen LogP contribution in [0, 0.1) is 6.92 Å². The summed E-state index contributed by atoms with van der Waals surface area (Å²) in [5, 5.41) is 0. The number of nitrogens with zero attached hydrogens (tertiary/aromatic N) is 2. The Labute approximate surface area is 165 Å². The number of rotatable bonds is 7. The van der Waals surface area contributed by atoms with E-state index < -0.39 is 0 Å². The van der Waals surface area contributed by atoms with Gasteiger partial charge >= 0.3 is 0 Å². The summed E-state index contributed by atoms with van der Waals surface area (Å²) in [5.74, 6) is 1.26. The van der Waals surface area contributed by atoms with Crippen LogP contribution in [0.3, 0.4) is 0 Å². The van der Waals surface area contributed by atoms with Gasteiger partial charge in [0.25, 0.3) is 0 Å².